The zero-order chi connectivity index (χ0) is 13.4. The molecule has 4 nitrogen and oxygen atoms in total. The molecule has 3 rings (SSSR count). The van der Waals surface area contributed by atoms with E-state index in [-0.39, 0.29) is 11.3 Å². The molecule has 19 heavy (non-hydrogen) atoms. The number of carbonyl (C=O) groups excluding carboxylic acids is 2. The largest absolute Gasteiger partial charge is 0.508 e. The topological polar surface area (TPSA) is 63.6 Å². The lowest BCUT2D eigenvalue weighted by Gasteiger charge is -2.24. The average Bonchev–Trinajstić information content (AvgIpc) is 2.44. The second kappa shape index (κ2) is 4.24. The SMILES string of the molecule is O=C1C(=O)C(c2ccccc2O)Oc2ccccc21. The summed E-state index contributed by atoms with van der Waals surface area (Å²) in [6.07, 6.45) is -1.08. The molecule has 0 aliphatic carbocycles. The fraction of sp³-hybridized carbons (Fsp3) is 0.0667. The molecule has 0 bridgehead atoms. The highest BCUT2D eigenvalue weighted by Gasteiger charge is 2.37. The Balaban J connectivity index is 2.10. The van der Waals surface area contributed by atoms with Crippen LogP contribution in [-0.2, 0) is 4.79 Å². The molecule has 0 radical (unpaired) electrons. The number of Topliss-reactive ketones (excluding diaryl/α,β-unsaturated/α-hetero) is 2. The number of benzene rings is 2. The van der Waals surface area contributed by atoms with Crippen molar-refractivity contribution < 1.29 is 19.4 Å². The average molecular weight is 254 g/mol. The van der Waals surface area contributed by atoms with Crippen molar-refractivity contribution in [1.29, 1.82) is 0 Å². The highest BCUT2D eigenvalue weighted by Crippen LogP contribution is 2.35. The fourth-order valence-corrected chi connectivity index (χ4v) is 2.10. The van der Waals surface area contributed by atoms with Gasteiger partial charge in [-0.25, -0.2) is 0 Å². The quantitative estimate of drug-likeness (QED) is 0.793. The summed E-state index contributed by atoms with van der Waals surface area (Å²) in [5.41, 5.74) is 0.564. The molecule has 0 fully saturated rings. The Morgan fingerprint density at radius 1 is 0.947 bits per heavy atom. The molecule has 0 amide bonds. The van der Waals surface area contributed by atoms with Gasteiger partial charge in [0.1, 0.15) is 11.5 Å². The molecule has 2 aromatic carbocycles. The Hall–Kier alpha value is -2.62. The summed E-state index contributed by atoms with van der Waals surface area (Å²) >= 11 is 0. The van der Waals surface area contributed by atoms with E-state index in [4.69, 9.17) is 4.74 Å². The molecular formula is C15H10O4. The predicted octanol–water partition coefficient (Wildman–Crippen LogP) is 2.28. The smallest absolute Gasteiger partial charge is 0.248 e. The molecule has 4 heteroatoms. The van der Waals surface area contributed by atoms with E-state index in [0.717, 1.165) is 0 Å². The van der Waals surface area contributed by atoms with Gasteiger partial charge in [0.25, 0.3) is 0 Å². The van der Waals surface area contributed by atoms with Crippen molar-refractivity contribution in [3.05, 3.63) is 59.7 Å². The number of hydrogen-bond donors (Lipinski definition) is 1. The van der Waals surface area contributed by atoms with Crippen LogP contribution in [0.4, 0.5) is 0 Å². The molecule has 1 aliphatic rings. The molecule has 0 saturated carbocycles. The maximum atomic E-state index is 12.1. The van der Waals surface area contributed by atoms with Crippen LogP contribution >= 0.6 is 0 Å². The second-order valence-corrected chi connectivity index (χ2v) is 4.25. The highest BCUT2D eigenvalue weighted by molar-refractivity contribution is 6.46. The summed E-state index contributed by atoms with van der Waals surface area (Å²) in [6.45, 7) is 0. The Morgan fingerprint density at radius 3 is 2.42 bits per heavy atom. The van der Waals surface area contributed by atoms with Crippen molar-refractivity contribution in [3.8, 4) is 11.5 Å². The minimum absolute atomic E-state index is 0.0620. The zero-order valence-electron chi connectivity index (χ0n) is 9.87. The first kappa shape index (κ1) is 11.5. The monoisotopic (exact) mass is 254 g/mol. The van der Waals surface area contributed by atoms with Crippen LogP contribution in [-0.4, -0.2) is 16.7 Å². The maximum Gasteiger partial charge on any atom is 0.248 e. The number of ketones is 2. The number of para-hydroxylation sites is 2. The van der Waals surface area contributed by atoms with Gasteiger partial charge in [0, 0.05) is 5.56 Å². The van der Waals surface area contributed by atoms with Crippen molar-refractivity contribution in [2.24, 2.45) is 0 Å². The summed E-state index contributed by atoms with van der Waals surface area (Å²) < 4.78 is 5.55. The summed E-state index contributed by atoms with van der Waals surface area (Å²) in [6, 6.07) is 12.9. The first-order valence-electron chi connectivity index (χ1n) is 5.80. The van der Waals surface area contributed by atoms with Gasteiger partial charge in [0.05, 0.1) is 5.56 Å². The Kier molecular flexibility index (Phi) is 2.56. The normalized spacial score (nSPS) is 17.8. The predicted molar refractivity (Wildman–Crippen MR) is 67.3 cm³/mol. The third-order valence-electron chi connectivity index (χ3n) is 3.06. The second-order valence-electron chi connectivity index (χ2n) is 4.25. The highest BCUT2D eigenvalue weighted by atomic mass is 16.5. The number of phenols is 1. The lowest BCUT2D eigenvalue weighted by Crippen LogP contribution is -2.31. The Labute approximate surface area is 109 Å². The Morgan fingerprint density at radius 2 is 1.63 bits per heavy atom. The molecular weight excluding hydrogens is 244 g/mol. The number of carbonyl (C=O) groups is 2. The van der Waals surface area contributed by atoms with E-state index >= 15 is 0 Å². The van der Waals surface area contributed by atoms with Crippen molar-refractivity contribution in [2.45, 2.75) is 6.10 Å². The van der Waals surface area contributed by atoms with Crippen LogP contribution in [0.3, 0.4) is 0 Å². The maximum absolute atomic E-state index is 12.1. The number of hydrogen-bond acceptors (Lipinski definition) is 4. The van der Waals surface area contributed by atoms with Crippen molar-refractivity contribution >= 4 is 11.6 Å². The van der Waals surface area contributed by atoms with Gasteiger partial charge < -0.3 is 9.84 Å². The van der Waals surface area contributed by atoms with Crippen LogP contribution in [0.25, 0.3) is 0 Å². The van der Waals surface area contributed by atoms with Crippen LogP contribution in [0.1, 0.15) is 22.0 Å². The van der Waals surface area contributed by atoms with Crippen molar-refractivity contribution in [3.63, 3.8) is 0 Å². The summed E-state index contributed by atoms with van der Waals surface area (Å²) in [5, 5.41) is 9.77. The van der Waals surface area contributed by atoms with E-state index in [1.165, 1.54) is 6.07 Å². The lowest BCUT2D eigenvalue weighted by molar-refractivity contribution is -0.122. The number of fused-ring (bicyclic) bond motifs is 1. The van der Waals surface area contributed by atoms with Gasteiger partial charge in [0.2, 0.25) is 11.6 Å². The molecule has 2 aromatic rings. The molecule has 1 atom stereocenters. The molecule has 1 aliphatic heterocycles. The summed E-state index contributed by atoms with van der Waals surface area (Å²) in [5.74, 6) is -0.955. The van der Waals surface area contributed by atoms with Crippen molar-refractivity contribution in [1.82, 2.24) is 0 Å². The van der Waals surface area contributed by atoms with Crippen LogP contribution in [0.15, 0.2) is 48.5 Å². The van der Waals surface area contributed by atoms with Gasteiger partial charge in [-0.1, -0.05) is 30.3 Å². The molecule has 1 heterocycles. The summed E-state index contributed by atoms with van der Waals surface area (Å²) in [7, 11) is 0. The zero-order valence-corrected chi connectivity index (χ0v) is 9.87. The molecule has 1 unspecified atom stereocenters. The van der Waals surface area contributed by atoms with Crippen molar-refractivity contribution in [2.75, 3.05) is 0 Å². The van der Waals surface area contributed by atoms with Gasteiger partial charge in [0.15, 0.2) is 6.10 Å². The van der Waals surface area contributed by atoms with E-state index in [0.29, 0.717) is 11.3 Å². The Bertz CT molecular complexity index is 675. The third kappa shape index (κ3) is 1.78. The molecule has 0 spiro atoms. The first-order valence-corrected chi connectivity index (χ1v) is 5.80. The molecule has 0 saturated heterocycles. The lowest BCUT2D eigenvalue weighted by atomic mass is 9.94. The van der Waals surface area contributed by atoms with Crippen LogP contribution in [0.5, 0.6) is 11.5 Å². The van der Waals surface area contributed by atoms with Gasteiger partial charge in [-0.15, -0.1) is 0 Å². The number of rotatable bonds is 1. The van der Waals surface area contributed by atoms with Gasteiger partial charge in [-0.3, -0.25) is 9.59 Å². The van der Waals surface area contributed by atoms with Crippen LogP contribution in [0.2, 0.25) is 0 Å². The van der Waals surface area contributed by atoms with Gasteiger partial charge >= 0.3 is 0 Å². The van der Waals surface area contributed by atoms with E-state index in [1.807, 2.05) is 0 Å². The molecule has 94 valence electrons. The summed E-state index contributed by atoms with van der Waals surface area (Å²) in [4.78, 5) is 24.1. The van der Waals surface area contributed by atoms with E-state index in [9.17, 15) is 14.7 Å². The molecule has 0 aromatic heterocycles. The first-order chi connectivity index (χ1) is 9.18. The number of phenolic OH excluding ortho intramolecular Hbond substituents is 1. The van der Waals surface area contributed by atoms with Gasteiger partial charge in [-0.2, -0.15) is 0 Å². The van der Waals surface area contributed by atoms with Gasteiger partial charge in [-0.05, 0) is 18.2 Å². The minimum atomic E-state index is -1.08. The number of aromatic hydroxyl groups is 1. The van der Waals surface area contributed by atoms with Crippen LogP contribution in [0, 0.1) is 0 Å². The van der Waals surface area contributed by atoms with E-state index in [1.54, 1.807) is 42.5 Å². The van der Waals surface area contributed by atoms with E-state index < -0.39 is 17.7 Å². The minimum Gasteiger partial charge on any atom is -0.508 e. The van der Waals surface area contributed by atoms with Crippen LogP contribution < -0.4 is 4.74 Å². The standard InChI is InChI=1S/C15H10O4/c16-11-7-3-1-5-9(11)15-14(18)13(17)10-6-2-4-8-12(10)19-15/h1-8,15-16H. The number of ether oxygens (including phenoxy) is 1. The van der Waals surface area contributed by atoms with E-state index in [2.05, 4.69) is 0 Å². The molecule has 1 N–H and O–H groups in total. The fourth-order valence-electron chi connectivity index (χ4n) is 2.10. The third-order valence-corrected chi connectivity index (χ3v) is 3.06.